The number of halogens is 1. The summed E-state index contributed by atoms with van der Waals surface area (Å²) in [5.74, 6) is 1.08. The van der Waals surface area contributed by atoms with Crippen molar-refractivity contribution in [3.8, 4) is 0 Å². The lowest BCUT2D eigenvalue weighted by molar-refractivity contribution is 0.164. The molecule has 92 valence electrons. The second-order valence-corrected chi connectivity index (χ2v) is 4.25. The Balaban J connectivity index is 2.14. The van der Waals surface area contributed by atoms with Crippen molar-refractivity contribution in [1.82, 2.24) is 20.2 Å². The minimum atomic E-state index is 0.198. The third-order valence-corrected chi connectivity index (χ3v) is 2.52. The number of aromatic nitrogens is 4. The number of rotatable bonds is 5. The van der Waals surface area contributed by atoms with Crippen molar-refractivity contribution in [2.45, 2.75) is 6.92 Å². The van der Waals surface area contributed by atoms with E-state index < -0.39 is 0 Å². The molecule has 0 aliphatic rings. The standard InChI is InChI=1S/C10H14ClN5O/c1-6(5-17-2)3-12-8-7-4-13-16-9(7)15-10(11)14-8/h4,6H,3,5H2,1-2H3,(H2,12,13,14,15,16). The van der Waals surface area contributed by atoms with Crippen LogP contribution in [0.2, 0.25) is 5.28 Å². The lowest BCUT2D eigenvalue weighted by atomic mass is 10.2. The summed E-state index contributed by atoms with van der Waals surface area (Å²) in [4.78, 5) is 8.18. The molecule has 0 aliphatic heterocycles. The molecule has 0 saturated carbocycles. The van der Waals surface area contributed by atoms with Gasteiger partial charge in [0, 0.05) is 13.7 Å². The van der Waals surface area contributed by atoms with E-state index >= 15 is 0 Å². The van der Waals surface area contributed by atoms with E-state index in [0.717, 1.165) is 11.9 Å². The molecule has 7 heteroatoms. The quantitative estimate of drug-likeness (QED) is 0.796. The van der Waals surface area contributed by atoms with Gasteiger partial charge in [0.2, 0.25) is 5.28 Å². The second-order valence-electron chi connectivity index (χ2n) is 3.91. The van der Waals surface area contributed by atoms with Gasteiger partial charge in [0.25, 0.3) is 0 Å². The predicted molar refractivity (Wildman–Crippen MR) is 66.2 cm³/mol. The van der Waals surface area contributed by atoms with Crippen LogP contribution in [-0.4, -0.2) is 40.4 Å². The van der Waals surface area contributed by atoms with Crippen LogP contribution in [0.4, 0.5) is 5.82 Å². The van der Waals surface area contributed by atoms with E-state index in [1.165, 1.54) is 0 Å². The summed E-state index contributed by atoms with van der Waals surface area (Å²) in [5, 5.41) is 10.9. The van der Waals surface area contributed by atoms with Crippen LogP contribution in [0.15, 0.2) is 6.20 Å². The molecule has 1 atom stereocenters. The number of aromatic amines is 1. The Morgan fingerprint density at radius 2 is 2.35 bits per heavy atom. The number of nitrogens with zero attached hydrogens (tertiary/aromatic N) is 3. The van der Waals surface area contributed by atoms with Crippen LogP contribution >= 0.6 is 11.6 Å². The molecule has 6 nitrogen and oxygen atoms in total. The zero-order valence-corrected chi connectivity index (χ0v) is 10.5. The van der Waals surface area contributed by atoms with Crippen LogP contribution in [0.5, 0.6) is 0 Å². The van der Waals surface area contributed by atoms with Gasteiger partial charge in [-0.1, -0.05) is 6.92 Å². The van der Waals surface area contributed by atoms with Gasteiger partial charge in [0.1, 0.15) is 5.82 Å². The third kappa shape index (κ3) is 2.83. The number of hydrogen-bond acceptors (Lipinski definition) is 5. The molecule has 0 amide bonds. The molecule has 17 heavy (non-hydrogen) atoms. The topological polar surface area (TPSA) is 75.7 Å². The maximum Gasteiger partial charge on any atom is 0.226 e. The van der Waals surface area contributed by atoms with E-state index in [1.54, 1.807) is 13.3 Å². The maximum atomic E-state index is 5.82. The van der Waals surface area contributed by atoms with Gasteiger partial charge in [0.05, 0.1) is 18.2 Å². The van der Waals surface area contributed by atoms with Gasteiger partial charge in [0.15, 0.2) is 5.65 Å². The normalized spacial score (nSPS) is 12.9. The molecule has 2 aromatic heterocycles. The number of hydrogen-bond donors (Lipinski definition) is 2. The van der Waals surface area contributed by atoms with Crippen molar-refractivity contribution in [1.29, 1.82) is 0 Å². The number of nitrogens with one attached hydrogen (secondary N) is 2. The molecular formula is C10H14ClN5O. The minimum Gasteiger partial charge on any atom is -0.384 e. The Bertz CT molecular complexity index is 500. The highest BCUT2D eigenvalue weighted by Gasteiger charge is 2.09. The van der Waals surface area contributed by atoms with Crippen LogP contribution in [0.1, 0.15) is 6.92 Å². The monoisotopic (exact) mass is 255 g/mol. The molecule has 2 rings (SSSR count). The Morgan fingerprint density at radius 1 is 1.53 bits per heavy atom. The van der Waals surface area contributed by atoms with E-state index in [-0.39, 0.29) is 5.28 Å². The summed E-state index contributed by atoms with van der Waals surface area (Å²) in [6.07, 6.45) is 1.68. The van der Waals surface area contributed by atoms with Crippen LogP contribution in [-0.2, 0) is 4.74 Å². The van der Waals surface area contributed by atoms with Gasteiger partial charge in [-0.2, -0.15) is 15.1 Å². The molecule has 2 N–H and O–H groups in total. The summed E-state index contributed by atoms with van der Waals surface area (Å²) in [6.45, 7) is 3.54. The smallest absolute Gasteiger partial charge is 0.226 e. The van der Waals surface area contributed by atoms with Crippen LogP contribution in [0.25, 0.3) is 11.0 Å². The summed E-state index contributed by atoms with van der Waals surface area (Å²) in [5.41, 5.74) is 0.631. The summed E-state index contributed by atoms with van der Waals surface area (Å²) >= 11 is 5.82. The fourth-order valence-electron chi connectivity index (χ4n) is 1.56. The van der Waals surface area contributed by atoms with Crippen molar-refractivity contribution in [3.63, 3.8) is 0 Å². The number of anilines is 1. The zero-order chi connectivity index (χ0) is 12.3. The maximum absolute atomic E-state index is 5.82. The minimum absolute atomic E-state index is 0.198. The molecule has 0 radical (unpaired) electrons. The summed E-state index contributed by atoms with van der Waals surface area (Å²) in [7, 11) is 1.69. The number of methoxy groups -OCH3 is 1. The lowest BCUT2D eigenvalue weighted by Crippen LogP contribution is -2.16. The first-order valence-corrected chi connectivity index (χ1v) is 5.68. The molecule has 0 aliphatic carbocycles. The molecule has 2 aromatic rings. The first-order chi connectivity index (χ1) is 8.20. The van der Waals surface area contributed by atoms with Crippen molar-refractivity contribution in [2.75, 3.05) is 25.6 Å². The lowest BCUT2D eigenvalue weighted by Gasteiger charge is -2.12. The van der Waals surface area contributed by atoms with E-state index in [2.05, 4.69) is 32.4 Å². The van der Waals surface area contributed by atoms with Crippen molar-refractivity contribution in [3.05, 3.63) is 11.5 Å². The molecule has 2 heterocycles. The molecule has 1 unspecified atom stereocenters. The first kappa shape index (κ1) is 12.1. The van der Waals surface area contributed by atoms with Crippen molar-refractivity contribution in [2.24, 2.45) is 5.92 Å². The van der Waals surface area contributed by atoms with Gasteiger partial charge in [-0.3, -0.25) is 5.10 Å². The van der Waals surface area contributed by atoms with Crippen LogP contribution in [0.3, 0.4) is 0 Å². The zero-order valence-electron chi connectivity index (χ0n) is 9.70. The average Bonchev–Trinajstić information content (AvgIpc) is 2.74. The highest BCUT2D eigenvalue weighted by molar-refractivity contribution is 6.28. The largest absolute Gasteiger partial charge is 0.384 e. The van der Waals surface area contributed by atoms with E-state index in [9.17, 15) is 0 Å². The second kappa shape index (κ2) is 5.29. The van der Waals surface area contributed by atoms with E-state index in [0.29, 0.717) is 24.0 Å². The fraction of sp³-hybridized carbons (Fsp3) is 0.500. The predicted octanol–water partition coefficient (Wildman–Crippen LogP) is 1.70. The Kier molecular flexibility index (Phi) is 3.75. The van der Waals surface area contributed by atoms with Crippen molar-refractivity contribution >= 4 is 28.5 Å². The molecule has 0 bridgehead atoms. The van der Waals surface area contributed by atoms with Gasteiger partial charge in [-0.25, -0.2) is 0 Å². The number of H-pyrrole nitrogens is 1. The number of fused-ring (bicyclic) bond motifs is 1. The summed E-state index contributed by atoms with van der Waals surface area (Å²) < 4.78 is 5.07. The third-order valence-electron chi connectivity index (χ3n) is 2.35. The Labute approximate surface area is 104 Å². The van der Waals surface area contributed by atoms with Gasteiger partial charge < -0.3 is 10.1 Å². The molecule has 0 fully saturated rings. The molecule has 0 aromatic carbocycles. The molecule has 0 spiro atoms. The Hall–Kier alpha value is -1.40. The van der Waals surface area contributed by atoms with E-state index in [1.807, 2.05) is 0 Å². The van der Waals surface area contributed by atoms with Gasteiger partial charge in [-0.05, 0) is 17.5 Å². The van der Waals surface area contributed by atoms with Gasteiger partial charge >= 0.3 is 0 Å². The highest BCUT2D eigenvalue weighted by Crippen LogP contribution is 2.19. The van der Waals surface area contributed by atoms with Crippen LogP contribution in [0, 0.1) is 5.92 Å². The van der Waals surface area contributed by atoms with Crippen LogP contribution < -0.4 is 5.32 Å². The Morgan fingerprint density at radius 3 is 3.12 bits per heavy atom. The highest BCUT2D eigenvalue weighted by atomic mass is 35.5. The SMILES string of the molecule is COCC(C)CNc1nc(Cl)nc2[nH]ncc12. The fourth-order valence-corrected chi connectivity index (χ4v) is 1.73. The molecular weight excluding hydrogens is 242 g/mol. The van der Waals surface area contributed by atoms with Gasteiger partial charge in [-0.15, -0.1) is 0 Å². The van der Waals surface area contributed by atoms with Crippen molar-refractivity contribution < 1.29 is 4.74 Å². The average molecular weight is 256 g/mol. The summed E-state index contributed by atoms with van der Waals surface area (Å²) in [6, 6.07) is 0. The van der Waals surface area contributed by atoms with E-state index in [4.69, 9.17) is 16.3 Å². The first-order valence-electron chi connectivity index (χ1n) is 5.30. The molecule has 0 saturated heterocycles. The number of ether oxygens (including phenoxy) is 1.